The van der Waals surface area contributed by atoms with Crippen LogP contribution in [0, 0.1) is 6.92 Å². The van der Waals surface area contributed by atoms with E-state index in [1.165, 1.54) is 0 Å². The van der Waals surface area contributed by atoms with Gasteiger partial charge in [0.25, 0.3) is 0 Å². The van der Waals surface area contributed by atoms with Gasteiger partial charge in [-0.05, 0) is 19.1 Å². The first-order valence-corrected chi connectivity index (χ1v) is 6.83. The molecule has 0 aliphatic heterocycles. The van der Waals surface area contributed by atoms with Gasteiger partial charge in [-0.3, -0.25) is 0 Å². The summed E-state index contributed by atoms with van der Waals surface area (Å²) in [6.45, 7) is 6.70. The molecule has 0 saturated carbocycles. The SMILES string of the molecule is C=CCOCc1c(C)nc2c3cccc(Cl)c3ccn12. The van der Waals surface area contributed by atoms with E-state index in [4.69, 9.17) is 16.3 Å². The summed E-state index contributed by atoms with van der Waals surface area (Å²) in [5.74, 6) is 0. The highest BCUT2D eigenvalue weighted by Gasteiger charge is 2.12. The number of benzene rings is 1. The van der Waals surface area contributed by atoms with E-state index in [2.05, 4.69) is 16.0 Å². The van der Waals surface area contributed by atoms with Crippen molar-refractivity contribution in [2.75, 3.05) is 6.61 Å². The molecule has 2 heterocycles. The molecule has 0 fully saturated rings. The minimum atomic E-state index is 0.519. The smallest absolute Gasteiger partial charge is 0.145 e. The van der Waals surface area contributed by atoms with Crippen LogP contribution in [-0.2, 0) is 11.3 Å². The second kappa shape index (κ2) is 5.27. The van der Waals surface area contributed by atoms with Gasteiger partial charge in [-0.1, -0.05) is 29.8 Å². The molecule has 2 aromatic heterocycles. The molecule has 0 spiro atoms. The van der Waals surface area contributed by atoms with Gasteiger partial charge in [-0.15, -0.1) is 6.58 Å². The third-order valence-electron chi connectivity index (χ3n) is 3.37. The Kier molecular flexibility index (Phi) is 3.47. The third kappa shape index (κ3) is 2.09. The average Bonchev–Trinajstić information content (AvgIpc) is 2.76. The van der Waals surface area contributed by atoms with Crippen LogP contribution in [0.2, 0.25) is 5.02 Å². The standard InChI is InChI=1S/C16H15ClN2O/c1-3-9-20-10-15-11(2)18-16-13-5-4-6-14(17)12(13)7-8-19(15)16/h3-8H,1,9-10H2,2H3. The zero-order valence-electron chi connectivity index (χ0n) is 11.3. The molecule has 0 amide bonds. The van der Waals surface area contributed by atoms with E-state index in [0.29, 0.717) is 13.2 Å². The maximum Gasteiger partial charge on any atom is 0.145 e. The van der Waals surface area contributed by atoms with Crippen LogP contribution in [0.25, 0.3) is 16.4 Å². The van der Waals surface area contributed by atoms with Crippen molar-refractivity contribution in [1.29, 1.82) is 0 Å². The Morgan fingerprint density at radius 1 is 1.35 bits per heavy atom. The van der Waals surface area contributed by atoms with Crippen molar-refractivity contribution < 1.29 is 4.74 Å². The zero-order chi connectivity index (χ0) is 14.1. The summed E-state index contributed by atoms with van der Waals surface area (Å²) < 4.78 is 7.61. The van der Waals surface area contributed by atoms with Gasteiger partial charge in [0.05, 0.1) is 24.6 Å². The molecule has 102 valence electrons. The second-order valence-electron chi connectivity index (χ2n) is 4.66. The van der Waals surface area contributed by atoms with Gasteiger partial charge < -0.3 is 9.14 Å². The van der Waals surface area contributed by atoms with Crippen molar-refractivity contribution >= 4 is 28.0 Å². The van der Waals surface area contributed by atoms with E-state index in [1.54, 1.807) is 6.08 Å². The van der Waals surface area contributed by atoms with Gasteiger partial charge in [-0.25, -0.2) is 4.98 Å². The largest absolute Gasteiger partial charge is 0.371 e. The van der Waals surface area contributed by atoms with Crippen LogP contribution >= 0.6 is 11.6 Å². The lowest BCUT2D eigenvalue weighted by Gasteiger charge is -2.06. The monoisotopic (exact) mass is 286 g/mol. The number of halogens is 1. The zero-order valence-corrected chi connectivity index (χ0v) is 12.0. The van der Waals surface area contributed by atoms with Gasteiger partial charge in [-0.2, -0.15) is 0 Å². The summed E-state index contributed by atoms with van der Waals surface area (Å²) in [5, 5.41) is 2.82. The molecule has 0 bridgehead atoms. The van der Waals surface area contributed by atoms with E-state index < -0.39 is 0 Å². The maximum atomic E-state index is 6.23. The topological polar surface area (TPSA) is 26.5 Å². The first kappa shape index (κ1) is 13.2. The fraction of sp³-hybridized carbons (Fsp3) is 0.188. The third-order valence-corrected chi connectivity index (χ3v) is 3.70. The number of ether oxygens (including phenoxy) is 1. The van der Waals surface area contributed by atoms with Gasteiger partial charge in [0.1, 0.15) is 5.65 Å². The summed E-state index contributed by atoms with van der Waals surface area (Å²) in [7, 11) is 0. The van der Waals surface area contributed by atoms with Crippen molar-refractivity contribution in [1.82, 2.24) is 9.38 Å². The Morgan fingerprint density at radius 2 is 2.20 bits per heavy atom. The number of hydrogen-bond donors (Lipinski definition) is 0. The molecule has 0 atom stereocenters. The van der Waals surface area contributed by atoms with Crippen LogP contribution in [0.1, 0.15) is 11.4 Å². The number of fused-ring (bicyclic) bond motifs is 3. The van der Waals surface area contributed by atoms with Crippen LogP contribution in [-0.4, -0.2) is 16.0 Å². The van der Waals surface area contributed by atoms with E-state index in [9.17, 15) is 0 Å². The quantitative estimate of drug-likeness (QED) is 0.532. The molecule has 3 nitrogen and oxygen atoms in total. The van der Waals surface area contributed by atoms with Crippen molar-refractivity contribution in [3.8, 4) is 0 Å². The van der Waals surface area contributed by atoms with Crippen LogP contribution in [0.3, 0.4) is 0 Å². The molecule has 0 aliphatic carbocycles. The molecule has 0 saturated heterocycles. The van der Waals surface area contributed by atoms with Gasteiger partial charge in [0.15, 0.2) is 0 Å². The van der Waals surface area contributed by atoms with Gasteiger partial charge >= 0.3 is 0 Å². The lowest BCUT2D eigenvalue weighted by molar-refractivity contribution is 0.145. The molecule has 4 heteroatoms. The Morgan fingerprint density at radius 3 is 3.00 bits per heavy atom. The van der Waals surface area contributed by atoms with Crippen molar-refractivity contribution in [2.24, 2.45) is 0 Å². The number of aromatic nitrogens is 2. The molecule has 3 rings (SSSR count). The van der Waals surface area contributed by atoms with Gasteiger partial charge in [0, 0.05) is 22.0 Å². The summed E-state index contributed by atoms with van der Waals surface area (Å²) in [5.41, 5.74) is 2.95. The highest BCUT2D eigenvalue weighted by molar-refractivity contribution is 6.35. The Labute approximate surface area is 122 Å². The number of nitrogens with zero attached hydrogens (tertiary/aromatic N) is 2. The molecule has 20 heavy (non-hydrogen) atoms. The molecule has 0 N–H and O–H groups in total. The van der Waals surface area contributed by atoms with E-state index in [1.807, 2.05) is 37.4 Å². The molecule has 1 aromatic carbocycles. The maximum absolute atomic E-state index is 6.23. The number of aryl methyl sites for hydroxylation is 1. The van der Waals surface area contributed by atoms with Crippen molar-refractivity contribution in [2.45, 2.75) is 13.5 Å². The number of hydrogen-bond acceptors (Lipinski definition) is 2. The minimum absolute atomic E-state index is 0.519. The highest BCUT2D eigenvalue weighted by Crippen LogP contribution is 2.27. The highest BCUT2D eigenvalue weighted by atomic mass is 35.5. The molecule has 0 radical (unpaired) electrons. The summed E-state index contributed by atoms with van der Waals surface area (Å²) in [6.07, 6.45) is 3.74. The Balaban J connectivity index is 2.19. The lowest BCUT2D eigenvalue weighted by atomic mass is 10.2. The van der Waals surface area contributed by atoms with E-state index in [-0.39, 0.29) is 0 Å². The second-order valence-corrected chi connectivity index (χ2v) is 5.07. The van der Waals surface area contributed by atoms with Crippen molar-refractivity contribution in [3.05, 3.63) is 59.5 Å². The van der Waals surface area contributed by atoms with Crippen LogP contribution in [0.4, 0.5) is 0 Å². The normalized spacial score (nSPS) is 11.3. The first-order valence-electron chi connectivity index (χ1n) is 6.46. The molecule has 3 aromatic rings. The molecular formula is C16H15ClN2O. The van der Waals surface area contributed by atoms with Gasteiger partial charge in [0.2, 0.25) is 0 Å². The molecule has 0 aliphatic rings. The fourth-order valence-electron chi connectivity index (χ4n) is 2.39. The Bertz CT molecular complexity index is 792. The average molecular weight is 287 g/mol. The lowest BCUT2D eigenvalue weighted by Crippen LogP contribution is -1.99. The number of rotatable bonds is 4. The Hall–Kier alpha value is -1.84. The summed E-state index contributed by atoms with van der Waals surface area (Å²) in [4.78, 5) is 4.66. The summed E-state index contributed by atoms with van der Waals surface area (Å²) >= 11 is 6.23. The van der Waals surface area contributed by atoms with E-state index >= 15 is 0 Å². The fourth-order valence-corrected chi connectivity index (χ4v) is 2.63. The predicted molar refractivity (Wildman–Crippen MR) is 82.3 cm³/mol. The van der Waals surface area contributed by atoms with Crippen LogP contribution in [0.5, 0.6) is 0 Å². The van der Waals surface area contributed by atoms with Crippen molar-refractivity contribution in [3.63, 3.8) is 0 Å². The van der Waals surface area contributed by atoms with Crippen LogP contribution in [0.15, 0.2) is 43.1 Å². The molecule has 0 unspecified atom stereocenters. The van der Waals surface area contributed by atoms with Crippen LogP contribution < -0.4 is 0 Å². The minimum Gasteiger partial charge on any atom is -0.371 e. The predicted octanol–water partition coefficient (Wildman–Crippen LogP) is 4.15. The first-order chi connectivity index (χ1) is 9.72. The van der Waals surface area contributed by atoms with E-state index in [0.717, 1.165) is 32.8 Å². The molecular weight excluding hydrogens is 272 g/mol. The number of pyridine rings is 1. The summed E-state index contributed by atoms with van der Waals surface area (Å²) in [6, 6.07) is 7.90. The number of imidazole rings is 1.